The van der Waals surface area contributed by atoms with E-state index in [1.54, 1.807) is 0 Å². The molecular weight excluding hydrogens is 248 g/mol. The summed E-state index contributed by atoms with van der Waals surface area (Å²) < 4.78 is 4.63. The van der Waals surface area contributed by atoms with Crippen LogP contribution < -0.4 is 0 Å². The SMILES string of the molecule is COC(=O)c1cccc([N+](=O)[O-])c1CCCCC#N. The van der Waals surface area contributed by atoms with Crippen molar-refractivity contribution in [1.29, 1.82) is 5.26 Å². The van der Waals surface area contributed by atoms with Crippen LogP contribution in [0.1, 0.15) is 35.2 Å². The number of methoxy groups -OCH3 is 1. The van der Waals surface area contributed by atoms with E-state index >= 15 is 0 Å². The Balaban J connectivity index is 3.04. The van der Waals surface area contributed by atoms with Crippen molar-refractivity contribution in [2.24, 2.45) is 0 Å². The average Bonchev–Trinajstić information content (AvgIpc) is 2.42. The summed E-state index contributed by atoms with van der Waals surface area (Å²) in [7, 11) is 1.24. The third-order valence-corrected chi connectivity index (χ3v) is 2.72. The minimum absolute atomic E-state index is 0.0835. The van der Waals surface area contributed by atoms with Gasteiger partial charge < -0.3 is 4.74 Å². The van der Waals surface area contributed by atoms with Crippen LogP contribution in [0.15, 0.2) is 18.2 Å². The molecule has 0 aliphatic carbocycles. The van der Waals surface area contributed by atoms with Crippen molar-refractivity contribution < 1.29 is 14.5 Å². The Kier molecular flexibility index (Phi) is 5.48. The fourth-order valence-electron chi connectivity index (χ4n) is 1.82. The number of nitro groups is 1. The molecule has 0 unspecified atom stereocenters. The van der Waals surface area contributed by atoms with Crippen LogP contribution in [0.4, 0.5) is 5.69 Å². The molecule has 0 aliphatic rings. The Morgan fingerprint density at radius 1 is 1.47 bits per heavy atom. The van der Waals surface area contributed by atoms with E-state index in [2.05, 4.69) is 4.74 Å². The van der Waals surface area contributed by atoms with E-state index in [0.717, 1.165) is 0 Å². The zero-order chi connectivity index (χ0) is 14.3. The summed E-state index contributed by atoms with van der Waals surface area (Å²) in [6.45, 7) is 0. The highest BCUT2D eigenvalue weighted by Gasteiger charge is 2.21. The second-order valence-electron chi connectivity index (χ2n) is 3.92. The quantitative estimate of drug-likeness (QED) is 0.340. The number of carbonyl (C=O) groups is 1. The molecule has 0 atom stereocenters. The fraction of sp³-hybridized carbons (Fsp3) is 0.385. The molecule has 0 radical (unpaired) electrons. The molecule has 0 saturated carbocycles. The second-order valence-corrected chi connectivity index (χ2v) is 3.92. The van der Waals surface area contributed by atoms with Gasteiger partial charge >= 0.3 is 5.97 Å². The van der Waals surface area contributed by atoms with Crippen molar-refractivity contribution in [2.45, 2.75) is 25.7 Å². The Hall–Kier alpha value is -2.42. The number of benzene rings is 1. The molecule has 1 rings (SSSR count). The van der Waals surface area contributed by atoms with Crippen LogP contribution in [0.25, 0.3) is 0 Å². The molecule has 0 saturated heterocycles. The van der Waals surface area contributed by atoms with E-state index in [9.17, 15) is 14.9 Å². The van der Waals surface area contributed by atoms with Crippen LogP contribution in [-0.4, -0.2) is 18.0 Å². The van der Waals surface area contributed by atoms with E-state index in [1.165, 1.54) is 25.3 Å². The van der Waals surface area contributed by atoms with Crippen molar-refractivity contribution in [2.75, 3.05) is 7.11 Å². The third-order valence-electron chi connectivity index (χ3n) is 2.72. The second kappa shape index (κ2) is 7.11. The maximum Gasteiger partial charge on any atom is 0.338 e. The highest BCUT2D eigenvalue weighted by molar-refractivity contribution is 5.92. The molecule has 6 heteroatoms. The zero-order valence-electron chi connectivity index (χ0n) is 10.6. The number of nitro benzene ring substituents is 1. The Labute approximate surface area is 110 Å². The van der Waals surface area contributed by atoms with Gasteiger partial charge in [-0.05, 0) is 25.3 Å². The molecule has 19 heavy (non-hydrogen) atoms. The lowest BCUT2D eigenvalue weighted by molar-refractivity contribution is -0.385. The number of nitrogens with zero attached hydrogens (tertiary/aromatic N) is 2. The average molecular weight is 262 g/mol. The lowest BCUT2D eigenvalue weighted by Gasteiger charge is -2.08. The molecule has 1 aromatic rings. The van der Waals surface area contributed by atoms with Gasteiger partial charge in [-0.2, -0.15) is 5.26 Å². The van der Waals surface area contributed by atoms with E-state index in [0.29, 0.717) is 31.2 Å². The summed E-state index contributed by atoms with van der Waals surface area (Å²) in [6.07, 6.45) is 2.03. The highest BCUT2D eigenvalue weighted by atomic mass is 16.6. The van der Waals surface area contributed by atoms with Crippen molar-refractivity contribution in [3.63, 3.8) is 0 Å². The molecule has 6 nitrogen and oxygen atoms in total. The minimum Gasteiger partial charge on any atom is -0.465 e. The van der Waals surface area contributed by atoms with Gasteiger partial charge in [-0.3, -0.25) is 10.1 Å². The number of carbonyl (C=O) groups excluding carboxylic acids is 1. The van der Waals surface area contributed by atoms with Crippen molar-refractivity contribution in [3.8, 4) is 6.07 Å². The van der Waals surface area contributed by atoms with Gasteiger partial charge in [0.25, 0.3) is 5.69 Å². The fourth-order valence-corrected chi connectivity index (χ4v) is 1.82. The van der Waals surface area contributed by atoms with Crippen LogP contribution in [0.2, 0.25) is 0 Å². The number of unbranched alkanes of at least 4 members (excludes halogenated alkanes) is 2. The summed E-state index contributed by atoms with van der Waals surface area (Å²) in [6, 6.07) is 6.36. The number of esters is 1. The van der Waals surface area contributed by atoms with Crippen LogP contribution in [0.5, 0.6) is 0 Å². The molecule has 0 spiro atoms. The van der Waals surface area contributed by atoms with Crippen molar-refractivity contribution in [1.82, 2.24) is 0 Å². The molecule has 1 aromatic carbocycles. The molecule has 0 N–H and O–H groups in total. The predicted octanol–water partition coefficient (Wildman–Crippen LogP) is 2.62. The molecule has 0 amide bonds. The van der Waals surface area contributed by atoms with E-state index < -0.39 is 10.9 Å². The molecule has 100 valence electrons. The first kappa shape index (κ1) is 14.6. The summed E-state index contributed by atoms with van der Waals surface area (Å²) in [5.74, 6) is -0.584. The van der Waals surface area contributed by atoms with E-state index in [1.807, 2.05) is 6.07 Å². The number of hydrogen-bond donors (Lipinski definition) is 0. The predicted molar refractivity (Wildman–Crippen MR) is 67.6 cm³/mol. The van der Waals surface area contributed by atoms with Gasteiger partial charge in [0.2, 0.25) is 0 Å². The van der Waals surface area contributed by atoms with Gasteiger partial charge in [-0.1, -0.05) is 6.07 Å². The first-order valence-corrected chi connectivity index (χ1v) is 5.83. The van der Waals surface area contributed by atoms with Crippen molar-refractivity contribution >= 4 is 11.7 Å². The first-order valence-electron chi connectivity index (χ1n) is 5.83. The number of nitriles is 1. The maximum atomic E-state index is 11.6. The number of hydrogen-bond acceptors (Lipinski definition) is 5. The van der Waals surface area contributed by atoms with E-state index in [-0.39, 0.29) is 11.3 Å². The molecule has 0 fully saturated rings. The monoisotopic (exact) mass is 262 g/mol. The summed E-state index contributed by atoms with van der Waals surface area (Å²) >= 11 is 0. The largest absolute Gasteiger partial charge is 0.465 e. The summed E-state index contributed by atoms with van der Waals surface area (Å²) in [4.78, 5) is 22.1. The number of rotatable bonds is 6. The van der Waals surface area contributed by atoms with Crippen LogP contribution in [0, 0.1) is 21.4 Å². The van der Waals surface area contributed by atoms with Gasteiger partial charge in [-0.15, -0.1) is 0 Å². The normalized spacial score (nSPS) is 9.68. The third kappa shape index (κ3) is 3.78. The van der Waals surface area contributed by atoms with Gasteiger partial charge in [0.1, 0.15) is 0 Å². The first-order chi connectivity index (χ1) is 9.11. The summed E-state index contributed by atoms with van der Waals surface area (Å²) in [5, 5.41) is 19.4. The lowest BCUT2D eigenvalue weighted by atomic mass is 9.99. The Morgan fingerprint density at radius 3 is 2.79 bits per heavy atom. The highest BCUT2D eigenvalue weighted by Crippen LogP contribution is 2.25. The molecule has 0 bridgehead atoms. The van der Waals surface area contributed by atoms with Crippen LogP contribution in [-0.2, 0) is 11.2 Å². The molecule has 0 heterocycles. The molecule has 0 aromatic heterocycles. The summed E-state index contributed by atoms with van der Waals surface area (Å²) in [5.41, 5.74) is 0.505. The topological polar surface area (TPSA) is 93.2 Å². The Morgan fingerprint density at radius 2 is 2.21 bits per heavy atom. The number of ether oxygens (including phenoxy) is 1. The smallest absolute Gasteiger partial charge is 0.338 e. The van der Waals surface area contributed by atoms with Gasteiger partial charge in [-0.25, -0.2) is 4.79 Å². The minimum atomic E-state index is -0.584. The lowest BCUT2D eigenvalue weighted by Crippen LogP contribution is -2.08. The van der Waals surface area contributed by atoms with Crippen molar-refractivity contribution in [3.05, 3.63) is 39.4 Å². The standard InChI is InChI=1S/C13H14N2O4/c1-19-13(16)11-7-5-8-12(15(17)18)10(11)6-3-2-4-9-14/h5,7-8H,2-4,6H2,1H3. The van der Waals surface area contributed by atoms with Gasteiger partial charge in [0.15, 0.2) is 0 Å². The molecular formula is C13H14N2O4. The molecule has 0 aliphatic heterocycles. The Bertz CT molecular complexity index is 520. The van der Waals surface area contributed by atoms with Gasteiger partial charge in [0.05, 0.1) is 23.7 Å². The van der Waals surface area contributed by atoms with Crippen LogP contribution in [0.3, 0.4) is 0 Å². The van der Waals surface area contributed by atoms with Crippen LogP contribution >= 0.6 is 0 Å². The van der Waals surface area contributed by atoms with E-state index in [4.69, 9.17) is 5.26 Å². The van der Waals surface area contributed by atoms with Gasteiger partial charge in [0, 0.05) is 18.1 Å². The zero-order valence-corrected chi connectivity index (χ0v) is 10.6. The maximum absolute atomic E-state index is 11.6.